The van der Waals surface area contributed by atoms with Crippen LogP contribution in [0.2, 0.25) is 0 Å². The van der Waals surface area contributed by atoms with Crippen molar-refractivity contribution in [2.45, 2.75) is 19.9 Å². The molecule has 0 amide bonds. The zero-order valence-corrected chi connectivity index (χ0v) is 8.77. The highest BCUT2D eigenvalue weighted by Gasteiger charge is 2.18. The highest BCUT2D eigenvalue weighted by Crippen LogP contribution is 2.17. The summed E-state index contributed by atoms with van der Waals surface area (Å²) in [7, 11) is 0. The Kier molecular flexibility index (Phi) is 2.46. The van der Waals surface area contributed by atoms with Crippen molar-refractivity contribution in [3.8, 4) is 0 Å². The molecule has 0 spiro atoms. The van der Waals surface area contributed by atoms with Gasteiger partial charge in [-0.1, -0.05) is 0 Å². The van der Waals surface area contributed by atoms with Gasteiger partial charge in [-0.05, 0) is 13.8 Å². The Morgan fingerprint density at radius 2 is 2.46 bits per heavy atom. The van der Waals surface area contributed by atoms with Gasteiger partial charge in [0.1, 0.15) is 5.82 Å². The van der Waals surface area contributed by atoms with Crippen molar-refractivity contribution in [1.82, 2.24) is 14.7 Å². The van der Waals surface area contributed by atoms with Gasteiger partial charge in [-0.3, -0.25) is 0 Å². The molecule has 0 saturated carbocycles. The number of hydrogen-bond donors (Lipinski definition) is 1. The standard InChI is InChI=1S/C8H14N4S/c1-6-5-12(4-3-9-6)8-10-7(2)11-13-8/h6,9H,3-5H2,1-2H3/t6-/m0/s1. The third-order valence-electron chi connectivity index (χ3n) is 2.16. The van der Waals surface area contributed by atoms with E-state index in [1.165, 1.54) is 11.5 Å². The molecule has 1 aliphatic heterocycles. The molecule has 72 valence electrons. The molecule has 0 aromatic carbocycles. The number of piperazine rings is 1. The summed E-state index contributed by atoms with van der Waals surface area (Å²) in [6.07, 6.45) is 0. The lowest BCUT2D eigenvalue weighted by Crippen LogP contribution is -2.49. The van der Waals surface area contributed by atoms with E-state index in [-0.39, 0.29) is 0 Å². The average Bonchev–Trinajstić information content (AvgIpc) is 2.52. The summed E-state index contributed by atoms with van der Waals surface area (Å²) >= 11 is 1.50. The van der Waals surface area contributed by atoms with Crippen LogP contribution < -0.4 is 10.2 Å². The summed E-state index contributed by atoms with van der Waals surface area (Å²) in [5.74, 6) is 0.881. The van der Waals surface area contributed by atoms with E-state index in [1.54, 1.807) is 0 Å². The Morgan fingerprint density at radius 1 is 1.62 bits per heavy atom. The molecule has 1 aliphatic rings. The van der Waals surface area contributed by atoms with Crippen LogP contribution in [0.3, 0.4) is 0 Å². The third kappa shape index (κ3) is 1.97. The molecule has 0 radical (unpaired) electrons. The van der Waals surface area contributed by atoms with Crippen molar-refractivity contribution in [1.29, 1.82) is 0 Å². The predicted octanol–water partition coefficient (Wildman–Crippen LogP) is 0.645. The molecule has 1 aromatic rings. The van der Waals surface area contributed by atoms with Crippen molar-refractivity contribution in [2.24, 2.45) is 0 Å². The highest BCUT2D eigenvalue weighted by atomic mass is 32.1. The van der Waals surface area contributed by atoms with Crippen LogP contribution in [0.4, 0.5) is 5.13 Å². The quantitative estimate of drug-likeness (QED) is 0.719. The van der Waals surface area contributed by atoms with Gasteiger partial charge in [0.05, 0.1) is 0 Å². The van der Waals surface area contributed by atoms with Gasteiger partial charge < -0.3 is 10.2 Å². The molecule has 2 heterocycles. The van der Waals surface area contributed by atoms with Gasteiger partial charge in [-0.25, -0.2) is 4.98 Å². The zero-order valence-electron chi connectivity index (χ0n) is 7.95. The minimum atomic E-state index is 0.554. The van der Waals surface area contributed by atoms with E-state index in [1.807, 2.05) is 6.92 Å². The molecule has 0 bridgehead atoms. The minimum Gasteiger partial charge on any atom is -0.344 e. The van der Waals surface area contributed by atoms with Crippen LogP contribution in [0.1, 0.15) is 12.7 Å². The molecule has 1 aromatic heterocycles. The van der Waals surface area contributed by atoms with Crippen molar-refractivity contribution in [3.63, 3.8) is 0 Å². The Morgan fingerprint density at radius 3 is 3.08 bits per heavy atom. The molecule has 1 saturated heterocycles. The van der Waals surface area contributed by atoms with Gasteiger partial charge in [0.15, 0.2) is 0 Å². The lowest BCUT2D eigenvalue weighted by molar-refractivity contribution is 0.484. The molecule has 13 heavy (non-hydrogen) atoms. The second kappa shape index (κ2) is 3.59. The van der Waals surface area contributed by atoms with Gasteiger partial charge in [0, 0.05) is 37.2 Å². The topological polar surface area (TPSA) is 41.1 Å². The van der Waals surface area contributed by atoms with Crippen LogP contribution in [0.5, 0.6) is 0 Å². The third-order valence-corrected chi connectivity index (χ3v) is 3.02. The van der Waals surface area contributed by atoms with Crippen LogP contribution in [-0.4, -0.2) is 35.0 Å². The molecule has 5 heteroatoms. The number of anilines is 1. The molecule has 1 fully saturated rings. The summed E-state index contributed by atoms with van der Waals surface area (Å²) in [6, 6.07) is 0.554. The van der Waals surface area contributed by atoms with Gasteiger partial charge in [0.25, 0.3) is 0 Å². The Hall–Kier alpha value is -0.680. The molecule has 4 nitrogen and oxygen atoms in total. The Labute approximate surface area is 82.1 Å². The second-order valence-corrected chi connectivity index (χ2v) is 4.16. The highest BCUT2D eigenvalue weighted by molar-refractivity contribution is 7.09. The van der Waals surface area contributed by atoms with E-state index in [0.29, 0.717) is 6.04 Å². The molecule has 1 atom stereocenters. The fourth-order valence-electron chi connectivity index (χ4n) is 1.52. The van der Waals surface area contributed by atoms with E-state index >= 15 is 0 Å². The normalized spacial score (nSPS) is 23.5. The second-order valence-electron chi connectivity index (χ2n) is 3.43. The summed E-state index contributed by atoms with van der Waals surface area (Å²) in [4.78, 5) is 6.67. The average molecular weight is 198 g/mol. The van der Waals surface area contributed by atoms with Crippen LogP contribution in [0, 0.1) is 6.92 Å². The van der Waals surface area contributed by atoms with E-state index < -0.39 is 0 Å². The number of nitrogens with zero attached hydrogens (tertiary/aromatic N) is 3. The maximum Gasteiger partial charge on any atom is 0.205 e. The first-order chi connectivity index (χ1) is 6.25. The van der Waals surface area contributed by atoms with Crippen molar-refractivity contribution in [3.05, 3.63) is 5.82 Å². The number of rotatable bonds is 1. The largest absolute Gasteiger partial charge is 0.344 e. The number of aryl methyl sites for hydroxylation is 1. The van der Waals surface area contributed by atoms with Crippen LogP contribution in [0.15, 0.2) is 0 Å². The molecular weight excluding hydrogens is 184 g/mol. The Balaban J connectivity index is 2.08. The fraction of sp³-hybridized carbons (Fsp3) is 0.750. The van der Waals surface area contributed by atoms with E-state index in [4.69, 9.17) is 0 Å². The summed E-state index contributed by atoms with van der Waals surface area (Å²) in [5, 5.41) is 4.46. The summed E-state index contributed by atoms with van der Waals surface area (Å²) in [6.45, 7) is 7.25. The van der Waals surface area contributed by atoms with Gasteiger partial charge in [-0.2, -0.15) is 4.37 Å². The molecule has 1 N–H and O–H groups in total. The van der Waals surface area contributed by atoms with Crippen LogP contribution >= 0.6 is 11.5 Å². The van der Waals surface area contributed by atoms with Crippen molar-refractivity contribution >= 4 is 16.7 Å². The number of nitrogens with one attached hydrogen (secondary N) is 1. The molecule has 0 unspecified atom stereocenters. The van der Waals surface area contributed by atoms with E-state index in [2.05, 4.69) is 26.5 Å². The fourth-order valence-corrected chi connectivity index (χ4v) is 2.23. The summed E-state index contributed by atoms with van der Waals surface area (Å²) in [5.41, 5.74) is 0. The predicted molar refractivity (Wildman–Crippen MR) is 54.3 cm³/mol. The number of aromatic nitrogens is 2. The van der Waals surface area contributed by atoms with Crippen molar-refractivity contribution < 1.29 is 0 Å². The zero-order chi connectivity index (χ0) is 9.26. The maximum absolute atomic E-state index is 4.37. The van der Waals surface area contributed by atoms with E-state index in [9.17, 15) is 0 Å². The lowest BCUT2D eigenvalue weighted by Gasteiger charge is -2.31. The first-order valence-corrected chi connectivity index (χ1v) is 5.31. The minimum absolute atomic E-state index is 0.554. The molecular formula is C8H14N4S. The Bertz CT molecular complexity index is 285. The molecule has 0 aliphatic carbocycles. The van der Waals surface area contributed by atoms with Gasteiger partial charge in [0.2, 0.25) is 5.13 Å². The van der Waals surface area contributed by atoms with Gasteiger partial charge in [-0.15, -0.1) is 0 Å². The van der Waals surface area contributed by atoms with E-state index in [0.717, 1.165) is 30.6 Å². The smallest absolute Gasteiger partial charge is 0.205 e. The SMILES string of the molecule is Cc1nsc(N2CCN[C@@H](C)C2)n1. The monoisotopic (exact) mass is 198 g/mol. The molecule has 2 rings (SSSR count). The number of hydrogen-bond acceptors (Lipinski definition) is 5. The maximum atomic E-state index is 4.37. The lowest BCUT2D eigenvalue weighted by atomic mass is 10.2. The van der Waals surface area contributed by atoms with Gasteiger partial charge >= 0.3 is 0 Å². The first-order valence-electron chi connectivity index (χ1n) is 4.54. The van der Waals surface area contributed by atoms with Crippen LogP contribution in [0.25, 0.3) is 0 Å². The van der Waals surface area contributed by atoms with Crippen LogP contribution in [-0.2, 0) is 0 Å². The van der Waals surface area contributed by atoms with Crippen molar-refractivity contribution in [2.75, 3.05) is 24.5 Å². The summed E-state index contributed by atoms with van der Waals surface area (Å²) < 4.78 is 4.19. The first kappa shape index (κ1) is 8.90.